The normalized spacial score (nSPS) is 14.8. The quantitative estimate of drug-likeness (QED) is 0.480. The third-order valence-corrected chi connectivity index (χ3v) is 3.56. The second-order valence-electron chi connectivity index (χ2n) is 5.34. The van der Waals surface area contributed by atoms with Crippen LogP contribution in [0.2, 0.25) is 0 Å². The van der Waals surface area contributed by atoms with E-state index in [1.165, 1.54) is 18.2 Å². The Morgan fingerprint density at radius 3 is 2.65 bits per heavy atom. The monoisotopic (exact) mass is 321 g/mol. The van der Waals surface area contributed by atoms with Crippen LogP contribution in [-0.2, 0) is 9.53 Å². The number of urea groups is 1. The molecule has 0 aromatic carbocycles. The maximum absolute atomic E-state index is 11.7. The van der Waals surface area contributed by atoms with Crippen LogP contribution >= 0.6 is 0 Å². The first-order chi connectivity index (χ1) is 11.1. The molecule has 0 aliphatic heterocycles. The number of nitrogens with one attached hydrogen (secondary N) is 2. The lowest BCUT2D eigenvalue weighted by molar-refractivity contribution is -0.608. The van der Waals surface area contributed by atoms with Crippen molar-refractivity contribution in [2.24, 2.45) is 0 Å². The Bertz CT molecular complexity index is 584. The number of pyridine rings is 1. The van der Waals surface area contributed by atoms with Crippen molar-refractivity contribution in [1.29, 1.82) is 0 Å². The summed E-state index contributed by atoms with van der Waals surface area (Å²) in [6.45, 7) is -0.633. The number of carbonyl (C=O) groups is 3. The zero-order valence-corrected chi connectivity index (χ0v) is 12.6. The fourth-order valence-corrected chi connectivity index (χ4v) is 2.42. The largest absolute Gasteiger partial charge is 0.618 e. The molecule has 8 heteroatoms. The van der Waals surface area contributed by atoms with Crippen LogP contribution in [0.5, 0.6) is 0 Å². The average Bonchev–Trinajstić information content (AvgIpc) is 2.54. The van der Waals surface area contributed by atoms with Gasteiger partial charge in [0.15, 0.2) is 12.8 Å². The van der Waals surface area contributed by atoms with E-state index in [1.54, 1.807) is 0 Å². The van der Waals surface area contributed by atoms with Gasteiger partial charge in [0.1, 0.15) is 0 Å². The molecule has 0 saturated heterocycles. The number of rotatable bonds is 4. The summed E-state index contributed by atoms with van der Waals surface area (Å²) in [4.78, 5) is 34.9. The Balaban J connectivity index is 1.73. The molecule has 2 N–H and O–H groups in total. The van der Waals surface area contributed by atoms with Gasteiger partial charge in [-0.05, 0) is 18.9 Å². The van der Waals surface area contributed by atoms with Crippen molar-refractivity contribution in [2.45, 2.75) is 38.1 Å². The minimum absolute atomic E-state index is 0.0721. The van der Waals surface area contributed by atoms with Crippen molar-refractivity contribution >= 4 is 17.9 Å². The van der Waals surface area contributed by atoms with E-state index in [-0.39, 0.29) is 11.7 Å². The lowest BCUT2D eigenvalue weighted by atomic mass is 9.96. The van der Waals surface area contributed by atoms with Gasteiger partial charge in [0, 0.05) is 18.2 Å². The highest BCUT2D eigenvalue weighted by Gasteiger charge is 2.20. The predicted octanol–water partition coefficient (Wildman–Crippen LogP) is 0.635. The van der Waals surface area contributed by atoms with Crippen LogP contribution in [0.4, 0.5) is 4.79 Å². The SMILES string of the molecule is O=C(COC(=O)c1cccc[n+]1[O-])NC(=O)NC1CCCCC1. The summed E-state index contributed by atoms with van der Waals surface area (Å²) in [6.07, 6.45) is 6.22. The van der Waals surface area contributed by atoms with E-state index in [1.807, 2.05) is 0 Å². The summed E-state index contributed by atoms with van der Waals surface area (Å²) in [7, 11) is 0. The van der Waals surface area contributed by atoms with Gasteiger partial charge in [-0.1, -0.05) is 19.3 Å². The molecular weight excluding hydrogens is 302 g/mol. The predicted molar refractivity (Wildman–Crippen MR) is 79.2 cm³/mol. The number of hydrogen-bond donors (Lipinski definition) is 2. The molecule has 0 atom stereocenters. The molecule has 3 amide bonds. The molecule has 2 rings (SSSR count). The van der Waals surface area contributed by atoms with Gasteiger partial charge in [0.05, 0.1) is 0 Å². The van der Waals surface area contributed by atoms with Crippen LogP contribution in [0, 0.1) is 5.21 Å². The Hall–Kier alpha value is -2.64. The van der Waals surface area contributed by atoms with Gasteiger partial charge in [-0.3, -0.25) is 10.1 Å². The van der Waals surface area contributed by atoms with Crippen molar-refractivity contribution < 1.29 is 23.9 Å². The van der Waals surface area contributed by atoms with E-state index in [9.17, 15) is 19.6 Å². The van der Waals surface area contributed by atoms with Crippen LogP contribution < -0.4 is 15.4 Å². The fourth-order valence-electron chi connectivity index (χ4n) is 2.42. The number of amides is 3. The molecule has 0 spiro atoms. The summed E-state index contributed by atoms with van der Waals surface area (Å²) in [5.74, 6) is -1.68. The van der Waals surface area contributed by atoms with E-state index >= 15 is 0 Å². The first kappa shape index (κ1) is 16.7. The zero-order chi connectivity index (χ0) is 16.7. The summed E-state index contributed by atoms with van der Waals surface area (Å²) in [6, 6.07) is 3.72. The Morgan fingerprint density at radius 2 is 1.96 bits per heavy atom. The average molecular weight is 321 g/mol. The number of ether oxygens (including phenoxy) is 1. The number of esters is 1. The van der Waals surface area contributed by atoms with Gasteiger partial charge >= 0.3 is 17.7 Å². The second kappa shape index (κ2) is 8.11. The molecule has 23 heavy (non-hydrogen) atoms. The molecular formula is C15H19N3O5. The molecule has 124 valence electrons. The zero-order valence-electron chi connectivity index (χ0n) is 12.6. The van der Waals surface area contributed by atoms with Crippen LogP contribution in [0.15, 0.2) is 24.4 Å². The topological polar surface area (TPSA) is 111 Å². The van der Waals surface area contributed by atoms with Crippen molar-refractivity contribution in [1.82, 2.24) is 10.6 Å². The fraction of sp³-hybridized carbons (Fsp3) is 0.467. The maximum atomic E-state index is 11.7. The van der Waals surface area contributed by atoms with Crippen molar-refractivity contribution in [3.8, 4) is 0 Å². The molecule has 1 heterocycles. The minimum atomic E-state index is -0.927. The molecule has 1 aliphatic carbocycles. The molecule has 1 fully saturated rings. The standard InChI is InChI=1S/C15H19N3O5/c19-13(17-15(21)16-11-6-2-1-3-7-11)10-23-14(20)12-8-4-5-9-18(12)22/h4-5,8-9,11H,1-3,6-7,10H2,(H2,16,17,19,21). The van der Waals surface area contributed by atoms with E-state index < -0.39 is 24.5 Å². The number of imide groups is 1. The van der Waals surface area contributed by atoms with Crippen molar-refractivity contribution in [3.05, 3.63) is 35.3 Å². The van der Waals surface area contributed by atoms with Gasteiger partial charge in [0.25, 0.3) is 5.91 Å². The molecule has 1 aliphatic rings. The Kier molecular flexibility index (Phi) is 5.90. The van der Waals surface area contributed by atoms with Gasteiger partial charge < -0.3 is 15.3 Å². The van der Waals surface area contributed by atoms with Gasteiger partial charge in [0.2, 0.25) is 0 Å². The highest BCUT2D eigenvalue weighted by molar-refractivity contribution is 5.96. The van der Waals surface area contributed by atoms with Crippen molar-refractivity contribution in [3.63, 3.8) is 0 Å². The first-order valence-electron chi connectivity index (χ1n) is 7.52. The minimum Gasteiger partial charge on any atom is -0.618 e. The third kappa shape index (κ3) is 5.24. The summed E-state index contributed by atoms with van der Waals surface area (Å²) < 4.78 is 5.05. The van der Waals surface area contributed by atoms with Crippen LogP contribution in [0.3, 0.4) is 0 Å². The second-order valence-corrected chi connectivity index (χ2v) is 5.34. The van der Waals surface area contributed by atoms with E-state index in [2.05, 4.69) is 10.6 Å². The Morgan fingerprint density at radius 1 is 1.22 bits per heavy atom. The van der Waals surface area contributed by atoms with Gasteiger partial charge in [-0.25, -0.2) is 9.59 Å². The molecule has 0 unspecified atom stereocenters. The number of nitrogens with zero attached hydrogens (tertiary/aromatic N) is 1. The van der Waals surface area contributed by atoms with Gasteiger partial charge in [-0.2, -0.15) is 4.73 Å². The lowest BCUT2D eigenvalue weighted by Crippen LogP contribution is -2.46. The highest BCUT2D eigenvalue weighted by Crippen LogP contribution is 2.17. The van der Waals surface area contributed by atoms with Crippen LogP contribution in [0.25, 0.3) is 0 Å². The summed E-state index contributed by atoms with van der Waals surface area (Å²) >= 11 is 0. The number of aromatic nitrogens is 1. The van der Waals surface area contributed by atoms with E-state index in [0.29, 0.717) is 4.73 Å². The van der Waals surface area contributed by atoms with Crippen molar-refractivity contribution in [2.75, 3.05) is 6.61 Å². The lowest BCUT2D eigenvalue weighted by Gasteiger charge is -2.22. The molecule has 8 nitrogen and oxygen atoms in total. The molecule has 1 aromatic heterocycles. The number of carbonyl (C=O) groups excluding carboxylic acids is 3. The molecule has 0 bridgehead atoms. The highest BCUT2D eigenvalue weighted by atomic mass is 16.5. The van der Waals surface area contributed by atoms with E-state index in [0.717, 1.165) is 38.3 Å². The van der Waals surface area contributed by atoms with Crippen LogP contribution in [0.1, 0.15) is 42.6 Å². The molecule has 0 radical (unpaired) electrons. The van der Waals surface area contributed by atoms with Crippen LogP contribution in [-0.4, -0.2) is 30.6 Å². The molecule has 1 saturated carbocycles. The Labute approximate surface area is 133 Å². The first-order valence-corrected chi connectivity index (χ1v) is 7.52. The smallest absolute Gasteiger partial charge is 0.405 e. The van der Waals surface area contributed by atoms with Gasteiger partial charge in [-0.15, -0.1) is 0 Å². The summed E-state index contributed by atoms with van der Waals surface area (Å²) in [5.41, 5.74) is -0.230. The maximum Gasteiger partial charge on any atom is 0.405 e. The van der Waals surface area contributed by atoms with E-state index in [4.69, 9.17) is 4.74 Å². The molecule has 1 aromatic rings. The summed E-state index contributed by atoms with van der Waals surface area (Å²) in [5, 5.41) is 16.2. The third-order valence-electron chi connectivity index (χ3n) is 3.56. The number of hydrogen-bond acceptors (Lipinski definition) is 5.